The Kier molecular flexibility index (Phi) is 3.94. The molecule has 0 bridgehead atoms. The Morgan fingerprint density at radius 2 is 2.00 bits per heavy atom. The summed E-state index contributed by atoms with van der Waals surface area (Å²) in [4.78, 5) is 11.2. The molecule has 0 amide bonds. The second-order valence-electron chi connectivity index (χ2n) is 4.94. The molecule has 0 fully saturated rings. The lowest BCUT2D eigenvalue weighted by atomic mass is 9.89. The van der Waals surface area contributed by atoms with Crippen LogP contribution < -0.4 is 4.74 Å². The molecule has 3 heteroatoms. The summed E-state index contributed by atoms with van der Waals surface area (Å²) in [6, 6.07) is 7.25. The summed E-state index contributed by atoms with van der Waals surface area (Å²) in [6.07, 6.45) is 0.764. The molecule has 0 radical (unpaired) electrons. The molecule has 17 heavy (non-hydrogen) atoms. The van der Waals surface area contributed by atoms with Crippen LogP contribution in [0.3, 0.4) is 0 Å². The van der Waals surface area contributed by atoms with Crippen molar-refractivity contribution in [1.82, 2.24) is 0 Å². The monoisotopic (exact) mass is 234 g/mol. The highest BCUT2D eigenvalue weighted by atomic mass is 16.5. The molecule has 1 aromatic carbocycles. The van der Waals surface area contributed by atoms with Crippen molar-refractivity contribution >= 4 is 12.0 Å². The third-order valence-corrected chi connectivity index (χ3v) is 2.39. The highest BCUT2D eigenvalue weighted by Crippen LogP contribution is 2.27. The number of carboxylic acids is 1. The summed E-state index contributed by atoms with van der Waals surface area (Å²) in [7, 11) is 0. The summed E-state index contributed by atoms with van der Waals surface area (Å²) in [5.74, 6) is -0.416. The summed E-state index contributed by atoms with van der Waals surface area (Å²) in [6.45, 7) is 9.19. The zero-order chi connectivity index (χ0) is 13.1. The topological polar surface area (TPSA) is 46.5 Å². The molecule has 1 unspecified atom stereocenters. The number of benzene rings is 1. The van der Waals surface area contributed by atoms with Gasteiger partial charge in [-0.1, -0.05) is 51.6 Å². The molecule has 0 heterocycles. The number of ether oxygens (including phenoxy) is 1. The minimum absolute atomic E-state index is 0.472. The molecule has 0 aliphatic carbocycles. The lowest BCUT2D eigenvalue weighted by molar-refractivity contribution is -0.150. The number of rotatable bonds is 4. The van der Waals surface area contributed by atoms with E-state index in [1.807, 2.05) is 39.0 Å². The van der Waals surface area contributed by atoms with Crippen LogP contribution >= 0.6 is 0 Å². The van der Waals surface area contributed by atoms with Crippen LogP contribution in [0.2, 0.25) is 0 Å². The van der Waals surface area contributed by atoms with E-state index in [0.29, 0.717) is 5.75 Å². The van der Waals surface area contributed by atoms with Gasteiger partial charge in [-0.25, -0.2) is 4.79 Å². The largest absolute Gasteiger partial charge is 0.478 e. The molecule has 0 aliphatic rings. The standard InChI is InChI=1S/C14H18O3/c1-5-10-8-6-7-9-11(10)17-12(13(15)16)14(2,3)4/h5-9,12H,1H2,2-4H3,(H,15,16). The van der Waals surface area contributed by atoms with Crippen LogP contribution in [0.1, 0.15) is 26.3 Å². The Hall–Kier alpha value is -1.77. The first-order chi connectivity index (χ1) is 7.86. The van der Waals surface area contributed by atoms with E-state index in [4.69, 9.17) is 4.74 Å². The maximum atomic E-state index is 11.2. The van der Waals surface area contributed by atoms with Crippen molar-refractivity contribution < 1.29 is 14.6 Å². The Bertz CT molecular complexity index is 416. The zero-order valence-corrected chi connectivity index (χ0v) is 10.4. The normalized spacial score (nSPS) is 12.9. The fraction of sp³-hybridized carbons (Fsp3) is 0.357. The summed E-state index contributed by atoms with van der Waals surface area (Å²) >= 11 is 0. The van der Waals surface area contributed by atoms with Gasteiger partial charge >= 0.3 is 5.97 Å². The number of para-hydroxylation sites is 1. The lowest BCUT2D eigenvalue weighted by Gasteiger charge is -2.28. The Labute approximate surface area is 102 Å². The van der Waals surface area contributed by atoms with Crippen molar-refractivity contribution in [2.75, 3.05) is 0 Å². The first-order valence-corrected chi connectivity index (χ1v) is 5.47. The SMILES string of the molecule is C=Cc1ccccc1OC(C(=O)O)C(C)(C)C. The predicted molar refractivity (Wildman–Crippen MR) is 68.0 cm³/mol. The average molecular weight is 234 g/mol. The van der Waals surface area contributed by atoms with Gasteiger partial charge in [0.15, 0.2) is 6.10 Å². The van der Waals surface area contributed by atoms with Crippen LogP contribution in [0.4, 0.5) is 0 Å². The third-order valence-electron chi connectivity index (χ3n) is 2.39. The van der Waals surface area contributed by atoms with Gasteiger partial charge in [0.1, 0.15) is 5.75 Å². The summed E-state index contributed by atoms with van der Waals surface area (Å²) in [5.41, 5.74) is 0.322. The van der Waals surface area contributed by atoms with Gasteiger partial charge < -0.3 is 9.84 Å². The number of aliphatic carboxylic acids is 1. The van der Waals surface area contributed by atoms with Gasteiger partial charge in [-0.15, -0.1) is 0 Å². The van der Waals surface area contributed by atoms with E-state index in [1.54, 1.807) is 12.1 Å². The van der Waals surface area contributed by atoms with Crippen molar-refractivity contribution in [1.29, 1.82) is 0 Å². The van der Waals surface area contributed by atoms with Crippen LogP contribution in [-0.4, -0.2) is 17.2 Å². The maximum absolute atomic E-state index is 11.2. The van der Waals surface area contributed by atoms with Crippen molar-refractivity contribution in [3.8, 4) is 5.75 Å². The smallest absolute Gasteiger partial charge is 0.345 e. The summed E-state index contributed by atoms with van der Waals surface area (Å²) in [5, 5.41) is 9.18. The first-order valence-electron chi connectivity index (χ1n) is 5.47. The maximum Gasteiger partial charge on any atom is 0.345 e. The van der Waals surface area contributed by atoms with Gasteiger partial charge in [0.2, 0.25) is 0 Å². The average Bonchev–Trinajstić information content (AvgIpc) is 2.24. The van der Waals surface area contributed by atoms with Crippen molar-refractivity contribution in [3.05, 3.63) is 36.4 Å². The Balaban J connectivity index is 3.02. The zero-order valence-electron chi connectivity index (χ0n) is 10.4. The van der Waals surface area contributed by atoms with Gasteiger partial charge in [0, 0.05) is 11.0 Å². The van der Waals surface area contributed by atoms with Crippen LogP contribution in [-0.2, 0) is 4.79 Å². The van der Waals surface area contributed by atoms with E-state index < -0.39 is 17.5 Å². The van der Waals surface area contributed by atoms with Crippen LogP contribution in [0.15, 0.2) is 30.8 Å². The molecule has 1 rings (SSSR count). The Morgan fingerprint density at radius 3 is 2.47 bits per heavy atom. The van der Waals surface area contributed by atoms with Crippen LogP contribution in [0.5, 0.6) is 5.75 Å². The van der Waals surface area contributed by atoms with E-state index in [-0.39, 0.29) is 0 Å². The highest BCUT2D eigenvalue weighted by Gasteiger charge is 2.33. The van der Waals surface area contributed by atoms with Gasteiger partial charge in [0.25, 0.3) is 0 Å². The molecule has 3 nitrogen and oxygen atoms in total. The third kappa shape index (κ3) is 3.34. The van der Waals surface area contributed by atoms with E-state index in [1.165, 1.54) is 0 Å². The summed E-state index contributed by atoms with van der Waals surface area (Å²) < 4.78 is 5.59. The molecule has 1 aromatic rings. The van der Waals surface area contributed by atoms with Gasteiger partial charge in [-0.05, 0) is 6.07 Å². The number of hydrogen-bond donors (Lipinski definition) is 1. The van der Waals surface area contributed by atoms with Crippen molar-refractivity contribution in [2.45, 2.75) is 26.9 Å². The molecule has 0 aromatic heterocycles. The minimum Gasteiger partial charge on any atom is -0.478 e. The van der Waals surface area contributed by atoms with Gasteiger partial charge in [-0.3, -0.25) is 0 Å². The quantitative estimate of drug-likeness (QED) is 0.870. The van der Waals surface area contributed by atoms with Crippen molar-refractivity contribution in [3.63, 3.8) is 0 Å². The molecule has 1 N–H and O–H groups in total. The molecule has 0 saturated heterocycles. The first kappa shape index (κ1) is 13.3. The predicted octanol–water partition coefficient (Wildman–Crippen LogP) is 3.21. The molecule has 0 spiro atoms. The molecule has 0 saturated carbocycles. The second-order valence-corrected chi connectivity index (χ2v) is 4.94. The molecular formula is C14H18O3. The lowest BCUT2D eigenvalue weighted by Crippen LogP contribution is -2.39. The van der Waals surface area contributed by atoms with E-state index >= 15 is 0 Å². The number of carbonyl (C=O) groups is 1. The minimum atomic E-state index is -0.962. The van der Waals surface area contributed by atoms with E-state index in [0.717, 1.165) is 5.56 Å². The number of carboxylic acid groups (broad SMARTS) is 1. The molecule has 92 valence electrons. The molecule has 1 atom stereocenters. The van der Waals surface area contributed by atoms with Crippen LogP contribution in [0, 0.1) is 5.41 Å². The van der Waals surface area contributed by atoms with E-state index in [2.05, 4.69) is 6.58 Å². The molecular weight excluding hydrogens is 216 g/mol. The molecule has 0 aliphatic heterocycles. The number of hydrogen-bond acceptors (Lipinski definition) is 2. The fourth-order valence-electron chi connectivity index (χ4n) is 1.48. The van der Waals surface area contributed by atoms with Gasteiger partial charge in [-0.2, -0.15) is 0 Å². The fourth-order valence-corrected chi connectivity index (χ4v) is 1.48. The Morgan fingerprint density at radius 1 is 1.41 bits per heavy atom. The highest BCUT2D eigenvalue weighted by molar-refractivity contribution is 5.74. The van der Waals surface area contributed by atoms with Crippen molar-refractivity contribution in [2.24, 2.45) is 5.41 Å². The second kappa shape index (κ2) is 5.04. The van der Waals surface area contributed by atoms with Gasteiger partial charge in [0.05, 0.1) is 0 Å². The van der Waals surface area contributed by atoms with E-state index in [9.17, 15) is 9.90 Å². The van der Waals surface area contributed by atoms with Crippen LogP contribution in [0.25, 0.3) is 6.08 Å².